The Kier molecular flexibility index (Phi) is 3.96. The van der Waals surface area contributed by atoms with E-state index in [1.54, 1.807) is 6.33 Å². The fourth-order valence-corrected chi connectivity index (χ4v) is 2.59. The van der Waals surface area contributed by atoms with Crippen molar-refractivity contribution >= 4 is 5.97 Å². The molecule has 1 aromatic heterocycles. The summed E-state index contributed by atoms with van der Waals surface area (Å²) in [6, 6.07) is -0.392. The molecule has 1 saturated heterocycles. The van der Waals surface area contributed by atoms with Crippen molar-refractivity contribution in [1.29, 1.82) is 0 Å². The summed E-state index contributed by atoms with van der Waals surface area (Å²) in [6.45, 7) is 6.30. The maximum absolute atomic E-state index is 11.3. The number of carboxylic acids is 1. The maximum atomic E-state index is 11.3. The first-order chi connectivity index (χ1) is 8.63. The second-order valence-electron chi connectivity index (χ2n) is 4.92. The largest absolute Gasteiger partial charge is 0.480 e. The third kappa shape index (κ3) is 2.53. The monoisotopic (exact) mass is 252 g/mol. The Morgan fingerprint density at radius 3 is 3.06 bits per heavy atom. The molecule has 2 heterocycles. The van der Waals surface area contributed by atoms with Crippen molar-refractivity contribution in [2.45, 2.75) is 45.8 Å². The quantitative estimate of drug-likeness (QED) is 0.846. The summed E-state index contributed by atoms with van der Waals surface area (Å²) >= 11 is 0. The van der Waals surface area contributed by atoms with Crippen molar-refractivity contribution < 1.29 is 9.90 Å². The number of aromatic nitrogens is 3. The lowest BCUT2D eigenvalue weighted by atomic mass is 10.0. The first-order valence-corrected chi connectivity index (χ1v) is 6.47. The zero-order valence-corrected chi connectivity index (χ0v) is 10.9. The molecule has 0 amide bonds. The molecule has 18 heavy (non-hydrogen) atoms. The van der Waals surface area contributed by atoms with Crippen LogP contribution in [0.4, 0.5) is 0 Å². The number of hydrogen-bond acceptors (Lipinski definition) is 4. The van der Waals surface area contributed by atoms with E-state index in [-0.39, 0.29) is 5.92 Å². The third-order valence-electron chi connectivity index (χ3n) is 3.53. The fourth-order valence-electron chi connectivity index (χ4n) is 2.59. The third-order valence-corrected chi connectivity index (χ3v) is 3.53. The van der Waals surface area contributed by atoms with E-state index >= 15 is 0 Å². The standard InChI is InChI=1S/C12H20N4O2/c1-3-5-16-10(13-8-14-16)7-15-6-4-9(2)11(15)12(17)18/h8-9,11H,3-7H2,1-2H3,(H,17,18). The SMILES string of the molecule is CCCn1ncnc1CN1CCC(C)C1C(=O)O. The molecule has 0 saturated carbocycles. The van der Waals surface area contributed by atoms with Gasteiger partial charge in [0.05, 0.1) is 6.54 Å². The van der Waals surface area contributed by atoms with Gasteiger partial charge in [-0.1, -0.05) is 13.8 Å². The smallest absolute Gasteiger partial charge is 0.321 e. The molecule has 0 radical (unpaired) electrons. The van der Waals surface area contributed by atoms with Crippen LogP contribution in [0.1, 0.15) is 32.5 Å². The van der Waals surface area contributed by atoms with Gasteiger partial charge in [-0.25, -0.2) is 9.67 Å². The van der Waals surface area contributed by atoms with E-state index in [0.717, 1.165) is 31.8 Å². The first kappa shape index (κ1) is 13.0. The summed E-state index contributed by atoms with van der Waals surface area (Å²) < 4.78 is 1.86. The van der Waals surface area contributed by atoms with E-state index in [9.17, 15) is 9.90 Å². The highest BCUT2D eigenvalue weighted by Crippen LogP contribution is 2.25. The molecule has 100 valence electrons. The van der Waals surface area contributed by atoms with Crippen molar-refractivity contribution in [3.8, 4) is 0 Å². The molecule has 1 N–H and O–H groups in total. The second kappa shape index (κ2) is 5.48. The molecular weight excluding hydrogens is 232 g/mol. The molecule has 6 heteroatoms. The maximum Gasteiger partial charge on any atom is 0.321 e. The van der Waals surface area contributed by atoms with Crippen LogP contribution in [0.25, 0.3) is 0 Å². The van der Waals surface area contributed by atoms with Crippen LogP contribution in [0.5, 0.6) is 0 Å². The van der Waals surface area contributed by atoms with Crippen LogP contribution in [-0.4, -0.2) is 43.3 Å². The van der Waals surface area contributed by atoms with E-state index in [1.165, 1.54) is 0 Å². The Balaban J connectivity index is 2.08. The van der Waals surface area contributed by atoms with Crippen LogP contribution in [-0.2, 0) is 17.9 Å². The molecule has 0 aromatic carbocycles. The molecule has 1 aliphatic rings. The Hall–Kier alpha value is -1.43. The number of hydrogen-bond donors (Lipinski definition) is 1. The summed E-state index contributed by atoms with van der Waals surface area (Å²) in [7, 11) is 0. The highest BCUT2D eigenvalue weighted by atomic mass is 16.4. The van der Waals surface area contributed by atoms with Crippen LogP contribution >= 0.6 is 0 Å². The zero-order valence-electron chi connectivity index (χ0n) is 10.9. The summed E-state index contributed by atoms with van der Waals surface area (Å²) in [6.07, 6.45) is 3.47. The molecule has 2 unspecified atom stereocenters. The number of aliphatic carboxylic acids is 1. The van der Waals surface area contributed by atoms with E-state index < -0.39 is 12.0 Å². The van der Waals surface area contributed by atoms with Gasteiger partial charge in [-0.15, -0.1) is 0 Å². The average Bonchev–Trinajstić information content (AvgIpc) is 2.88. The first-order valence-electron chi connectivity index (χ1n) is 6.47. The number of carbonyl (C=O) groups is 1. The molecule has 1 aromatic rings. The predicted molar refractivity (Wildman–Crippen MR) is 65.9 cm³/mol. The van der Waals surface area contributed by atoms with Crippen LogP contribution in [0, 0.1) is 5.92 Å². The van der Waals surface area contributed by atoms with Gasteiger partial charge in [-0.05, 0) is 25.3 Å². The van der Waals surface area contributed by atoms with Gasteiger partial charge in [-0.2, -0.15) is 5.10 Å². The van der Waals surface area contributed by atoms with Gasteiger partial charge in [0.2, 0.25) is 0 Å². The van der Waals surface area contributed by atoms with Gasteiger partial charge in [0.25, 0.3) is 0 Å². The lowest BCUT2D eigenvalue weighted by molar-refractivity contribution is -0.143. The Labute approximate surface area is 107 Å². The van der Waals surface area contributed by atoms with E-state index in [0.29, 0.717) is 6.54 Å². The van der Waals surface area contributed by atoms with E-state index in [4.69, 9.17) is 0 Å². The predicted octanol–water partition coefficient (Wildman–Crippen LogP) is 0.983. The zero-order chi connectivity index (χ0) is 13.1. The lowest BCUT2D eigenvalue weighted by Crippen LogP contribution is -2.39. The molecule has 6 nitrogen and oxygen atoms in total. The van der Waals surface area contributed by atoms with Crippen molar-refractivity contribution in [3.63, 3.8) is 0 Å². The van der Waals surface area contributed by atoms with Gasteiger partial charge in [-0.3, -0.25) is 9.69 Å². The molecule has 0 bridgehead atoms. The minimum Gasteiger partial charge on any atom is -0.480 e. The molecule has 1 aliphatic heterocycles. The number of aryl methyl sites for hydroxylation is 1. The molecule has 1 fully saturated rings. The number of nitrogens with zero attached hydrogens (tertiary/aromatic N) is 4. The van der Waals surface area contributed by atoms with Crippen LogP contribution < -0.4 is 0 Å². The van der Waals surface area contributed by atoms with E-state index in [2.05, 4.69) is 17.0 Å². The van der Waals surface area contributed by atoms with Gasteiger partial charge in [0, 0.05) is 6.54 Å². The molecule has 0 aliphatic carbocycles. The Bertz CT molecular complexity index is 418. The van der Waals surface area contributed by atoms with Crippen LogP contribution in [0.2, 0.25) is 0 Å². The molecular formula is C12H20N4O2. The molecule has 0 spiro atoms. The van der Waals surface area contributed by atoms with Gasteiger partial charge in [0.1, 0.15) is 18.2 Å². The summed E-state index contributed by atoms with van der Waals surface area (Å²) in [5, 5.41) is 13.4. The highest BCUT2D eigenvalue weighted by molar-refractivity contribution is 5.74. The highest BCUT2D eigenvalue weighted by Gasteiger charge is 2.37. The fraction of sp³-hybridized carbons (Fsp3) is 0.750. The average molecular weight is 252 g/mol. The van der Waals surface area contributed by atoms with Crippen molar-refractivity contribution in [1.82, 2.24) is 19.7 Å². The number of carboxylic acid groups (broad SMARTS) is 1. The minimum atomic E-state index is -0.735. The topological polar surface area (TPSA) is 71.2 Å². The van der Waals surface area contributed by atoms with Gasteiger partial charge in [0.15, 0.2) is 0 Å². The van der Waals surface area contributed by atoms with Crippen molar-refractivity contribution in [2.24, 2.45) is 5.92 Å². The molecule has 2 rings (SSSR count). The number of likely N-dealkylation sites (tertiary alicyclic amines) is 1. The summed E-state index contributed by atoms with van der Waals surface area (Å²) in [5.74, 6) is 0.323. The van der Waals surface area contributed by atoms with E-state index in [1.807, 2.05) is 16.5 Å². The number of rotatable bonds is 5. The normalized spacial score (nSPS) is 24.6. The summed E-state index contributed by atoms with van der Waals surface area (Å²) in [5.41, 5.74) is 0. The van der Waals surface area contributed by atoms with Crippen molar-refractivity contribution in [3.05, 3.63) is 12.2 Å². The lowest BCUT2D eigenvalue weighted by Gasteiger charge is -2.22. The van der Waals surface area contributed by atoms with Gasteiger partial charge >= 0.3 is 5.97 Å². The minimum absolute atomic E-state index is 0.199. The van der Waals surface area contributed by atoms with Crippen LogP contribution in [0.15, 0.2) is 6.33 Å². The van der Waals surface area contributed by atoms with Crippen LogP contribution in [0.3, 0.4) is 0 Å². The molecule has 2 atom stereocenters. The Morgan fingerprint density at radius 2 is 2.39 bits per heavy atom. The second-order valence-corrected chi connectivity index (χ2v) is 4.92. The van der Waals surface area contributed by atoms with Crippen molar-refractivity contribution in [2.75, 3.05) is 6.54 Å². The summed E-state index contributed by atoms with van der Waals surface area (Å²) in [4.78, 5) is 17.5. The Morgan fingerprint density at radius 1 is 1.61 bits per heavy atom. The van der Waals surface area contributed by atoms with Gasteiger partial charge < -0.3 is 5.11 Å².